The maximum Gasteiger partial charge on any atom is 0.119 e. The van der Waals surface area contributed by atoms with E-state index >= 15 is 0 Å². The minimum Gasteiger partial charge on any atom is -0.494 e. The molecule has 0 fully saturated rings. The Balaban J connectivity index is 1.59. The molecule has 0 aliphatic heterocycles. The van der Waals surface area contributed by atoms with Crippen LogP contribution in [0.15, 0.2) is 54.6 Å². The normalized spacial score (nSPS) is 11.4. The Kier molecular flexibility index (Phi) is 33.9. The minimum absolute atomic E-state index is 0.769. The van der Waals surface area contributed by atoms with Crippen molar-refractivity contribution in [2.24, 2.45) is 0 Å². The Morgan fingerprint density at radius 1 is 0.389 bits per heavy atom. The van der Waals surface area contributed by atoms with Crippen molar-refractivity contribution in [1.29, 1.82) is 0 Å². The van der Waals surface area contributed by atoms with Crippen LogP contribution < -0.4 is 9.64 Å². The Morgan fingerprint density at radius 3 is 1.11 bits per heavy atom. The van der Waals surface area contributed by atoms with E-state index in [2.05, 4.69) is 49.4 Å². The number of anilines is 1. The number of hydrogen-bond acceptors (Lipinski definition) is 2. The zero-order valence-electron chi connectivity index (χ0n) is 36.3. The van der Waals surface area contributed by atoms with Gasteiger partial charge in [0.2, 0.25) is 0 Å². The number of hydrogen-bond donors (Lipinski definition) is 0. The average molecular weight is 745 g/mol. The second-order valence-electron chi connectivity index (χ2n) is 16.7. The van der Waals surface area contributed by atoms with Crippen LogP contribution in [-0.2, 0) is 0 Å². The summed E-state index contributed by atoms with van der Waals surface area (Å²) >= 11 is 0. The summed E-state index contributed by atoms with van der Waals surface area (Å²) in [4.78, 5) is 2.70. The first kappa shape index (κ1) is 48.2. The van der Waals surface area contributed by atoms with Gasteiger partial charge in [-0.15, -0.1) is 0 Å². The van der Waals surface area contributed by atoms with Crippen LogP contribution >= 0.6 is 0 Å². The molecule has 0 bridgehead atoms. The summed E-state index contributed by atoms with van der Waals surface area (Å²) in [7, 11) is 0. The van der Waals surface area contributed by atoms with Gasteiger partial charge >= 0.3 is 0 Å². The van der Waals surface area contributed by atoms with Crippen molar-refractivity contribution in [1.82, 2.24) is 0 Å². The fourth-order valence-electron chi connectivity index (χ4n) is 7.95. The SMILES string of the molecule is CCCCCCCCCCCCCCCCCCN(CCCCCCCCCCCCCCCCCC)c1ccc([CH]CCCOc2ccccc2)cc1. The molecule has 0 atom stereocenters. The van der Waals surface area contributed by atoms with Crippen LogP contribution in [0.1, 0.15) is 238 Å². The molecule has 0 spiro atoms. The standard InChI is InChI=1S/C52H90NO/c1-3-5-7-9-11-13-15-17-19-21-23-25-27-29-31-37-47-53(48-38-32-30-28-26-24-22-20-18-16-14-12-10-8-6-4-2)51-45-43-50(44-46-51)40-36-39-49-54-52-41-34-33-35-42-52/h33-35,40-46H,3-32,36-39,47-49H2,1-2H3. The van der Waals surface area contributed by atoms with Crippen molar-refractivity contribution in [2.45, 2.75) is 232 Å². The van der Waals surface area contributed by atoms with Crippen LogP contribution in [0.3, 0.4) is 0 Å². The Labute approximate surface area is 338 Å². The highest BCUT2D eigenvalue weighted by atomic mass is 16.5. The third kappa shape index (κ3) is 29.3. The first-order valence-electron chi connectivity index (χ1n) is 24.2. The van der Waals surface area contributed by atoms with Crippen molar-refractivity contribution in [3.63, 3.8) is 0 Å². The van der Waals surface area contributed by atoms with Crippen LogP contribution in [-0.4, -0.2) is 19.7 Å². The molecule has 0 amide bonds. The number of rotatable bonds is 41. The molecule has 0 aliphatic carbocycles. The van der Waals surface area contributed by atoms with Crippen molar-refractivity contribution >= 4 is 5.69 Å². The van der Waals surface area contributed by atoms with Gasteiger partial charge < -0.3 is 9.64 Å². The van der Waals surface area contributed by atoms with Crippen LogP contribution in [0.5, 0.6) is 5.75 Å². The molecule has 0 aliphatic rings. The summed E-state index contributed by atoms with van der Waals surface area (Å²) in [5.41, 5.74) is 2.75. The molecule has 54 heavy (non-hydrogen) atoms. The number of benzene rings is 2. The van der Waals surface area contributed by atoms with Crippen LogP contribution in [0.2, 0.25) is 0 Å². The maximum atomic E-state index is 5.88. The van der Waals surface area contributed by atoms with Crippen LogP contribution in [0, 0.1) is 6.42 Å². The highest BCUT2D eigenvalue weighted by Crippen LogP contribution is 2.21. The smallest absolute Gasteiger partial charge is 0.119 e. The molecular weight excluding hydrogens is 655 g/mol. The molecule has 0 saturated heterocycles. The fourth-order valence-corrected chi connectivity index (χ4v) is 7.95. The first-order valence-corrected chi connectivity index (χ1v) is 24.2. The van der Waals surface area contributed by atoms with Gasteiger partial charge in [0.1, 0.15) is 5.75 Å². The van der Waals surface area contributed by atoms with Gasteiger partial charge in [-0.2, -0.15) is 0 Å². The van der Waals surface area contributed by atoms with E-state index in [9.17, 15) is 0 Å². The molecule has 0 aromatic heterocycles. The lowest BCUT2D eigenvalue weighted by Gasteiger charge is -2.25. The molecule has 2 aromatic rings. The molecule has 2 aromatic carbocycles. The number of para-hydroxylation sites is 1. The molecule has 2 nitrogen and oxygen atoms in total. The molecule has 0 heterocycles. The largest absolute Gasteiger partial charge is 0.494 e. The van der Waals surface area contributed by atoms with Gasteiger partial charge in [0, 0.05) is 18.8 Å². The predicted molar refractivity (Wildman–Crippen MR) is 242 cm³/mol. The number of unbranched alkanes of at least 4 members (excludes halogenated alkanes) is 31. The van der Waals surface area contributed by atoms with E-state index in [1.807, 2.05) is 30.3 Å². The van der Waals surface area contributed by atoms with Crippen molar-refractivity contribution in [2.75, 3.05) is 24.6 Å². The van der Waals surface area contributed by atoms with E-state index < -0.39 is 0 Å². The molecule has 2 heteroatoms. The Hall–Kier alpha value is -1.96. The van der Waals surface area contributed by atoms with E-state index in [4.69, 9.17) is 4.74 Å². The van der Waals surface area contributed by atoms with E-state index in [1.54, 1.807) is 0 Å². The Bertz CT molecular complexity index is 967. The summed E-state index contributed by atoms with van der Waals surface area (Å²) in [5.74, 6) is 0.968. The van der Waals surface area contributed by atoms with Gasteiger partial charge in [-0.3, -0.25) is 0 Å². The minimum atomic E-state index is 0.769. The number of nitrogens with zero attached hydrogens (tertiary/aromatic N) is 1. The van der Waals surface area contributed by atoms with E-state index in [0.29, 0.717) is 0 Å². The second-order valence-corrected chi connectivity index (χ2v) is 16.7. The summed E-state index contributed by atoms with van der Waals surface area (Å²) < 4.78 is 5.88. The predicted octanol–water partition coefficient (Wildman–Crippen LogP) is 17.4. The van der Waals surface area contributed by atoms with Crippen LogP contribution in [0.4, 0.5) is 5.69 Å². The molecular formula is C52H90NO. The van der Waals surface area contributed by atoms with Gasteiger partial charge in [0.25, 0.3) is 0 Å². The summed E-state index contributed by atoms with van der Waals surface area (Å²) in [6.45, 7) is 7.80. The summed E-state index contributed by atoms with van der Waals surface area (Å²) in [6.07, 6.45) is 50.3. The molecule has 0 saturated carbocycles. The third-order valence-electron chi connectivity index (χ3n) is 11.6. The molecule has 0 unspecified atom stereocenters. The first-order chi connectivity index (χ1) is 26.8. The topological polar surface area (TPSA) is 12.5 Å². The lowest BCUT2D eigenvalue weighted by atomic mass is 10.0. The molecule has 309 valence electrons. The Morgan fingerprint density at radius 2 is 0.741 bits per heavy atom. The molecule has 1 radical (unpaired) electrons. The van der Waals surface area contributed by atoms with E-state index in [0.717, 1.165) is 25.2 Å². The third-order valence-corrected chi connectivity index (χ3v) is 11.6. The van der Waals surface area contributed by atoms with Crippen LogP contribution in [0.25, 0.3) is 0 Å². The lowest BCUT2D eigenvalue weighted by molar-refractivity contribution is 0.311. The fraction of sp³-hybridized carbons (Fsp3) is 0.750. The average Bonchev–Trinajstić information content (AvgIpc) is 3.20. The lowest BCUT2D eigenvalue weighted by Crippen LogP contribution is -2.25. The van der Waals surface area contributed by atoms with Gasteiger partial charge in [-0.1, -0.05) is 237 Å². The number of ether oxygens (including phenoxy) is 1. The molecule has 2 rings (SSSR count). The zero-order chi connectivity index (χ0) is 38.3. The summed E-state index contributed by atoms with van der Waals surface area (Å²) in [5, 5.41) is 0. The van der Waals surface area contributed by atoms with Crippen molar-refractivity contribution in [3.05, 3.63) is 66.6 Å². The van der Waals surface area contributed by atoms with Crippen molar-refractivity contribution < 1.29 is 4.74 Å². The maximum absolute atomic E-state index is 5.88. The quantitative estimate of drug-likeness (QED) is 0.0629. The highest BCUT2D eigenvalue weighted by Gasteiger charge is 2.08. The molecule has 0 N–H and O–H groups in total. The van der Waals surface area contributed by atoms with Gasteiger partial charge in [-0.05, 0) is 61.9 Å². The summed E-state index contributed by atoms with van der Waals surface area (Å²) in [6, 6.07) is 19.6. The highest BCUT2D eigenvalue weighted by molar-refractivity contribution is 5.48. The van der Waals surface area contributed by atoms with E-state index in [-0.39, 0.29) is 0 Å². The zero-order valence-corrected chi connectivity index (χ0v) is 36.3. The van der Waals surface area contributed by atoms with Gasteiger partial charge in [0.15, 0.2) is 0 Å². The second kappa shape index (κ2) is 37.9. The van der Waals surface area contributed by atoms with Gasteiger partial charge in [-0.25, -0.2) is 0 Å². The monoisotopic (exact) mass is 745 g/mol. The van der Waals surface area contributed by atoms with E-state index in [1.165, 1.54) is 230 Å². The van der Waals surface area contributed by atoms with Gasteiger partial charge in [0.05, 0.1) is 6.61 Å². The van der Waals surface area contributed by atoms with Crippen molar-refractivity contribution in [3.8, 4) is 5.75 Å².